The Balaban J connectivity index is 1.40. The summed E-state index contributed by atoms with van der Waals surface area (Å²) in [6.07, 6.45) is 1.77. The van der Waals surface area contributed by atoms with Gasteiger partial charge in [-0.25, -0.2) is 4.68 Å². The van der Waals surface area contributed by atoms with Gasteiger partial charge in [0, 0.05) is 24.9 Å². The molecule has 6 rings (SSSR count). The number of rotatable bonds is 10. The molecule has 0 bridgehead atoms. The highest BCUT2D eigenvalue weighted by Crippen LogP contribution is 2.38. The van der Waals surface area contributed by atoms with Crippen LogP contribution in [0.2, 0.25) is 0 Å². The number of para-hydroxylation sites is 1. The number of benzene rings is 3. The predicted octanol–water partition coefficient (Wildman–Crippen LogP) is 3.63. The zero-order chi connectivity index (χ0) is 28.2. The Bertz CT molecular complexity index is 1530. The minimum atomic E-state index is -1.00. The molecule has 0 unspecified atom stereocenters. The number of ether oxygens (including phenoxy) is 4. The highest BCUT2D eigenvalue weighted by molar-refractivity contribution is 6.01. The van der Waals surface area contributed by atoms with Crippen molar-refractivity contribution in [1.29, 1.82) is 0 Å². The lowest BCUT2D eigenvalue weighted by atomic mass is 10.0. The molecular weight excluding hydrogens is 526 g/mol. The summed E-state index contributed by atoms with van der Waals surface area (Å²) in [4.78, 5) is 29.7. The molecule has 41 heavy (non-hydrogen) atoms. The zero-order valence-electron chi connectivity index (χ0n) is 22.7. The first-order chi connectivity index (χ1) is 20.1. The topological polar surface area (TPSA) is 117 Å². The van der Waals surface area contributed by atoms with E-state index in [2.05, 4.69) is 15.6 Å². The molecule has 2 aliphatic heterocycles. The van der Waals surface area contributed by atoms with Crippen molar-refractivity contribution in [3.8, 4) is 17.2 Å². The van der Waals surface area contributed by atoms with Crippen LogP contribution in [0.4, 0.5) is 5.69 Å². The molecule has 11 heteroatoms. The van der Waals surface area contributed by atoms with E-state index in [1.165, 1.54) is 9.58 Å². The van der Waals surface area contributed by atoms with Crippen molar-refractivity contribution >= 4 is 28.5 Å². The second-order valence-electron chi connectivity index (χ2n) is 9.82. The van der Waals surface area contributed by atoms with Gasteiger partial charge in [-0.1, -0.05) is 29.5 Å². The van der Waals surface area contributed by atoms with E-state index < -0.39 is 6.04 Å². The standard InChI is InChI=1S/C30H31N5O6/c1-2-38-22-12-9-20(10-13-22)29(30(37)31-17-23-6-5-15-39-23)35(21-11-14-26-27(16-21)41-19-40-26)28(36)18-34-25-8-4-3-7-24(25)32-33-34/h3-4,7-14,16,23,29H,2,5-6,15,17-19H2,1H3,(H,31,37)/t23-,29-/m0/s1. The first kappa shape index (κ1) is 26.6. The summed E-state index contributed by atoms with van der Waals surface area (Å²) >= 11 is 0. The summed E-state index contributed by atoms with van der Waals surface area (Å²) in [6.45, 7) is 3.39. The maximum absolute atomic E-state index is 14.2. The van der Waals surface area contributed by atoms with Crippen LogP contribution in [-0.2, 0) is 20.9 Å². The van der Waals surface area contributed by atoms with E-state index >= 15 is 0 Å². The Morgan fingerprint density at radius 1 is 1.10 bits per heavy atom. The van der Waals surface area contributed by atoms with E-state index in [-0.39, 0.29) is 31.3 Å². The van der Waals surface area contributed by atoms with Gasteiger partial charge in [0.25, 0.3) is 0 Å². The highest BCUT2D eigenvalue weighted by Gasteiger charge is 2.35. The Labute approximate surface area is 236 Å². The number of hydrogen-bond acceptors (Lipinski definition) is 8. The van der Waals surface area contributed by atoms with Crippen molar-refractivity contribution < 1.29 is 28.5 Å². The minimum Gasteiger partial charge on any atom is -0.494 e. The van der Waals surface area contributed by atoms with Crippen molar-refractivity contribution in [3.63, 3.8) is 0 Å². The van der Waals surface area contributed by atoms with Crippen LogP contribution in [0.15, 0.2) is 66.7 Å². The van der Waals surface area contributed by atoms with Gasteiger partial charge in [0.05, 0.1) is 18.2 Å². The predicted molar refractivity (Wildman–Crippen MR) is 150 cm³/mol. The maximum atomic E-state index is 14.2. The lowest BCUT2D eigenvalue weighted by Crippen LogP contribution is -2.46. The van der Waals surface area contributed by atoms with Crippen molar-refractivity contribution in [2.24, 2.45) is 0 Å². The molecular formula is C30H31N5O6. The first-order valence-corrected chi connectivity index (χ1v) is 13.7. The molecule has 1 aromatic heterocycles. The van der Waals surface area contributed by atoms with Crippen molar-refractivity contribution in [2.75, 3.05) is 31.5 Å². The molecule has 212 valence electrons. The van der Waals surface area contributed by atoms with Crippen LogP contribution in [0, 0.1) is 0 Å². The van der Waals surface area contributed by atoms with Gasteiger partial charge in [-0.2, -0.15) is 0 Å². The molecule has 0 saturated carbocycles. The third kappa shape index (κ3) is 5.66. The van der Waals surface area contributed by atoms with Gasteiger partial charge in [0.1, 0.15) is 23.9 Å². The molecule has 0 radical (unpaired) electrons. The number of amides is 2. The van der Waals surface area contributed by atoms with E-state index in [9.17, 15) is 9.59 Å². The Morgan fingerprint density at radius 3 is 2.73 bits per heavy atom. The van der Waals surface area contributed by atoms with Gasteiger partial charge in [-0.05, 0) is 61.7 Å². The van der Waals surface area contributed by atoms with E-state index in [0.29, 0.717) is 59.3 Å². The fraction of sp³-hybridized carbons (Fsp3) is 0.333. The second-order valence-corrected chi connectivity index (χ2v) is 9.82. The van der Waals surface area contributed by atoms with Crippen LogP contribution in [0.5, 0.6) is 17.2 Å². The summed E-state index contributed by atoms with van der Waals surface area (Å²) in [6, 6.07) is 18.8. The van der Waals surface area contributed by atoms with E-state index in [4.69, 9.17) is 18.9 Å². The first-order valence-electron chi connectivity index (χ1n) is 13.7. The van der Waals surface area contributed by atoms with Crippen LogP contribution < -0.4 is 24.4 Å². The van der Waals surface area contributed by atoms with E-state index in [0.717, 1.165) is 12.8 Å². The number of fused-ring (bicyclic) bond motifs is 2. The smallest absolute Gasteiger partial charge is 0.249 e. The normalized spacial score (nSPS) is 16.5. The van der Waals surface area contributed by atoms with Gasteiger partial charge in [-0.15, -0.1) is 5.10 Å². The molecule has 1 saturated heterocycles. The van der Waals surface area contributed by atoms with Crippen molar-refractivity contribution in [3.05, 3.63) is 72.3 Å². The molecule has 2 atom stereocenters. The quantitative estimate of drug-likeness (QED) is 0.314. The fourth-order valence-electron chi connectivity index (χ4n) is 5.16. The second kappa shape index (κ2) is 11.8. The molecule has 1 N–H and O–H groups in total. The van der Waals surface area contributed by atoms with E-state index in [1.54, 1.807) is 42.5 Å². The average Bonchev–Trinajstić information content (AvgIpc) is 3.77. The number of aromatic nitrogens is 3. The molecule has 0 aliphatic carbocycles. The fourth-order valence-corrected chi connectivity index (χ4v) is 5.16. The monoisotopic (exact) mass is 557 g/mol. The Hall–Kier alpha value is -4.64. The molecule has 1 fully saturated rings. The van der Waals surface area contributed by atoms with Crippen LogP contribution >= 0.6 is 0 Å². The highest BCUT2D eigenvalue weighted by atomic mass is 16.7. The lowest BCUT2D eigenvalue weighted by molar-refractivity contribution is -0.127. The third-order valence-corrected chi connectivity index (χ3v) is 7.15. The summed E-state index contributed by atoms with van der Waals surface area (Å²) in [5.41, 5.74) is 2.49. The molecule has 2 amide bonds. The summed E-state index contributed by atoms with van der Waals surface area (Å²) in [7, 11) is 0. The number of hydrogen-bond donors (Lipinski definition) is 1. The molecule has 0 spiro atoms. The van der Waals surface area contributed by atoms with Crippen molar-refractivity contribution in [1.82, 2.24) is 20.3 Å². The molecule has 4 aromatic rings. The average molecular weight is 558 g/mol. The minimum absolute atomic E-state index is 0.0591. The van der Waals surface area contributed by atoms with E-state index in [1.807, 2.05) is 31.2 Å². The van der Waals surface area contributed by atoms with Crippen molar-refractivity contribution in [2.45, 2.75) is 38.5 Å². The summed E-state index contributed by atoms with van der Waals surface area (Å²) < 4.78 is 24.0. The summed E-state index contributed by atoms with van der Waals surface area (Å²) in [5.74, 6) is 1.05. The third-order valence-electron chi connectivity index (χ3n) is 7.15. The number of carbonyl (C=O) groups is 2. The maximum Gasteiger partial charge on any atom is 0.249 e. The number of nitrogens with zero attached hydrogens (tertiary/aromatic N) is 4. The van der Waals surface area contributed by atoms with Crippen LogP contribution in [0.25, 0.3) is 11.0 Å². The lowest BCUT2D eigenvalue weighted by Gasteiger charge is -2.32. The Kier molecular flexibility index (Phi) is 7.68. The van der Waals surface area contributed by atoms with Crippen LogP contribution in [0.1, 0.15) is 31.4 Å². The Morgan fingerprint density at radius 2 is 1.93 bits per heavy atom. The summed E-state index contributed by atoms with van der Waals surface area (Å²) in [5, 5.41) is 11.4. The van der Waals surface area contributed by atoms with Crippen LogP contribution in [0.3, 0.4) is 0 Å². The van der Waals surface area contributed by atoms with Gasteiger partial charge in [0.15, 0.2) is 11.5 Å². The van der Waals surface area contributed by atoms with Gasteiger partial charge in [0.2, 0.25) is 18.6 Å². The van der Waals surface area contributed by atoms with Crippen LogP contribution in [-0.4, -0.2) is 59.5 Å². The molecule has 2 aliphatic rings. The molecule has 3 aromatic carbocycles. The largest absolute Gasteiger partial charge is 0.494 e. The number of carbonyl (C=O) groups excluding carboxylic acids is 2. The van der Waals surface area contributed by atoms with Gasteiger partial charge < -0.3 is 24.3 Å². The molecule has 11 nitrogen and oxygen atoms in total. The zero-order valence-corrected chi connectivity index (χ0v) is 22.7. The molecule has 3 heterocycles. The van der Waals surface area contributed by atoms with Gasteiger partial charge in [-0.3, -0.25) is 14.5 Å². The van der Waals surface area contributed by atoms with Gasteiger partial charge >= 0.3 is 0 Å². The SMILES string of the molecule is CCOc1ccc([C@@H](C(=O)NC[C@@H]2CCCO2)N(C(=O)Cn2nnc3ccccc32)c2ccc3c(c2)OCO3)cc1. The number of nitrogens with one attached hydrogen (secondary N) is 1. The number of anilines is 1.